The van der Waals surface area contributed by atoms with Gasteiger partial charge in [-0.05, 0) is 6.07 Å². The van der Waals surface area contributed by atoms with Crippen LogP contribution in [0.2, 0.25) is 0 Å². The number of anilines is 1. The fraction of sp³-hybridized carbons (Fsp3) is 0. The maximum absolute atomic E-state index is 8.57. The van der Waals surface area contributed by atoms with Crippen molar-refractivity contribution in [3.63, 3.8) is 0 Å². The summed E-state index contributed by atoms with van der Waals surface area (Å²) in [7, 11) is 0. The lowest BCUT2D eigenvalue weighted by Crippen LogP contribution is -2.10. The van der Waals surface area contributed by atoms with E-state index in [2.05, 4.69) is 10.4 Å². The van der Waals surface area contributed by atoms with Gasteiger partial charge in [0.1, 0.15) is 12.1 Å². The fourth-order valence-electron chi connectivity index (χ4n) is 0.726. The Morgan fingerprint density at radius 1 is 1.42 bits per heavy atom. The monoisotopic (exact) mass is 159 g/mol. The largest absolute Gasteiger partial charge is 0.307 e. The molecule has 0 aliphatic heterocycles. The van der Waals surface area contributed by atoms with Crippen molar-refractivity contribution in [2.75, 3.05) is 5.43 Å². The topological polar surface area (TPSA) is 98.5 Å². The van der Waals surface area contributed by atoms with Crippen LogP contribution in [0.15, 0.2) is 12.3 Å². The van der Waals surface area contributed by atoms with Crippen LogP contribution >= 0.6 is 0 Å². The number of hydrogen-bond acceptors (Lipinski definition) is 5. The molecular weight excluding hydrogens is 154 g/mol. The molecule has 0 saturated carbocycles. The number of pyridine rings is 1. The van der Waals surface area contributed by atoms with Crippen molar-refractivity contribution in [1.29, 1.82) is 10.5 Å². The molecule has 0 saturated heterocycles. The molecule has 0 unspecified atom stereocenters. The van der Waals surface area contributed by atoms with Crippen LogP contribution in [0.4, 0.5) is 5.82 Å². The first kappa shape index (κ1) is 7.99. The minimum absolute atomic E-state index is 0.261. The molecule has 1 heterocycles. The maximum Gasteiger partial charge on any atom is 0.158 e. The lowest BCUT2D eigenvalue weighted by molar-refractivity contribution is 1.20. The van der Waals surface area contributed by atoms with Crippen molar-refractivity contribution in [3.05, 3.63) is 23.4 Å². The zero-order valence-electron chi connectivity index (χ0n) is 6.07. The first-order valence-corrected chi connectivity index (χ1v) is 3.08. The van der Waals surface area contributed by atoms with Crippen LogP contribution in [0.5, 0.6) is 0 Å². The third kappa shape index (κ3) is 1.31. The number of nitrogen functional groups attached to an aromatic ring is 1. The highest BCUT2D eigenvalue weighted by atomic mass is 15.2. The summed E-state index contributed by atoms with van der Waals surface area (Å²) in [4.78, 5) is 3.76. The van der Waals surface area contributed by atoms with Crippen molar-refractivity contribution in [2.45, 2.75) is 0 Å². The quantitative estimate of drug-likeness (QED) is 0.447. The van der Waals surface area contributed by atoms with E-state index in [1.165, 1.54) is 12.3 Å². The number of hydrogen-bond donors (Lipinski definition) is 2. The zero-order chi connectivity index (χ0) is 8.97. The smallest absolute Gasteiger partial charge is 0.158 e. The minimum atomic E-state index is 0.261. The number of nitrogens with one attached hydrogen (secondary N) is 1. The number of nitrogens with zero attached hydrogens (tertiary/aromatic N) is 3. The summed E-state index contributed by atoms with van der Waals surface area (Å²) in [5, 5.41) is 17.0. The molecule has 1 aromatic heterocycles. The lowest BCUT2D eigenvalue weighted by Gasteiger charge is -1.99. The van der Waals surface area contributed by atoms with Gasteiger partial charge in [-0.1, -0.05) is 0 Å². The lowest BCUT2D eigenvalue weighted by atomic mass is 10.2. The highest BCUT2D eigenvalue weighted by Crippen LogP contribution is 2.10. The molecule has 12 heavy (non-hydrogen) atoms. The van der Waals surface area contributed by atoms with Gasteiger partial charge in [-0.15, -0.1) is 0 Å². The Hall–Kier alpha value is -2.11. The van der Waals surface area contributed by atoms with Crippen molar-refractivity contribution in [1.82, 2.24) is 4.98 Å². The van der Waals surface area contributed by atoms with Gasteiger partial charge in [0.15, 0.2) is 5.82 Å². The molecule has 5 nitrogen and oxygen atoms in total. The van der Waals surface area contributed by atoms with Crippen LogP contribution in [0.25, 0.3) is 0 Å². The second kappa shape index (κ2) is 3.33. The van der Waals surface area contributed by atoms with Gasteiger partial charge in [-0.25, -0.2) is 10.8 Å². The molecule has 3 N–H and O–H groups in total. The van der Waals surface area contributed by atoms with Crippen LogP contribution in [0.3, 0.4) is 0 Å². The predicted octanol–water partition coefficient (Wildman–Crippen LogP) is 0.111. The highest BCUT2D eigenvalue weighted by molar-refractivity contribution is 5.53. The Bertz CT molecular complexity index is 370. The second-order valence-electron chi connectivity index (χ2n) is 1.99. The summed E-state index contributed by atoms with van der Waals surface area (Å²) in [6, 6.07) is 5.15. The molecule has 1 rings (SSSR count). The third-order valence-corrected chi connectivity index (χ3v) is 1.27. The van der Waals surface area contributed by atoms with Crippen molar-refractivity contribution in [3.8, 4) is 12.1 Å². The number of aromatic nitrogens is 1. The van der Waals surface area contributed by atoms with Gasteiger partial charge in [0.25, 0.3) is 0 Å². The summed E-state index contributed by atoms with van der Waals surface area (Å²) in [5.41, 5.74) is 2.85. The molecule has 0 aliphatic carbocycles. The molecule has 58 valence electrons. The molecule has 0 radical (unpaired) electrons. The van der Waals surface area contributed by atoms with E-state index in [4.69, 9.17) is 16.4 Å². The number of nitriles is 2. The predicted molar refractivity (Wildman–Crippen MR) is 41.5 cm³/mol. The first-order valence-electron chi connectivity index (χ1n) is 3.08. The van der Waals surface area contributed by atoms with Gasteiger partial charge in [-0.3, -0.25) is 0 Å². The van der Waals surface area contributed by atoms with E-state index in [-0.39, 0.29) is 11.4 Å². The Morgan fingerprint density at radius 2 is 2.17 bits per heavy atom. The van der Waals surface area contributed by atoms with Crippen LogP contribution in [-0.2, 0) is 0 Å². The van der Waals surface area contributed by atoms with Gasteiger partial charge in [-0.2, -0.15) is 10.5 Å². The van der Waals surface area contributed by atoms with Gasteiger partial charge < -0.3 is 5.43 Å². The molecule has 0 bridgehead atoms. The molecule has 0 amide bonds. The van der Waals surface area contributed by atoms with Gasteiger partial charge in [0, 0.05) is 6.20 Å². The zero-order valence-corrected chi connectivity index (χ0v) is 6.07. The van der Waals surface area contributed by atoms with Crippen molar-refractivity contribution >= 4 is 5.82 Å². The third-order valence-electron chi connectivity index (χ3n) is 1.27. The molecule has 0 spiro atoms. The van der Waals surface area contributed by atoms with E-state index in [9.17, 15) is 0 Å². The summed E-state index contributed by atoms with van der Waals surface area (Å²) in [5.74, 6) is 5.35. The van der Waals surface area contributed by atoms with E-state index in [0.717, 1.165) is 0 Å². The fourth-order valence-corrected chi connectivity index (χ4v) is 0.726. The maximum atomic E-state index is 8.57. The van der Waals surface area contributed by atoms with Crippen LogP contribution in [0.1, 0.15) is 11.1 Å². The average molecular weight is 159 g/mol. The van der Waals surface area contributed by atoms with Crippen LogP contribution < -0.4 is 11.3 Å². The molecule has 5 heteroatoms. The second-order valence-corrected chi connectivity index (χ2v) is 1.99. The van der Waals surface area contributed by atoms with Gasteiger partial charge >= 0.3 is 0 Å². The normalized spacial score (nSPS) is 8.25. The Labute approximate surface area is 69.0 Å². The van der Waals surface area contributed by atoms with Gasteiger partial charge in [0.05, 0.1) is 11.1 Å². The van der Waals surface area contributed by atoms with E-state index in [1.807, 2.05) is 12.1 Å². The van der Waals surface area contributed by atoms with E-state index >= 15 is 0 Å². The number of hydrazine groups is 1. The van der Waals surface area contributed by atoms with Gasteiger partial charge in [0.2, 0.25) is 0 Å². The summed E-state index contributed by atoms with van der Waals surface area (Å²) in [6.07, 6.45) is 1.34. The van der Waals surface area contributed by atoms with E-state index in [0.29, 0.717) is 5.56 Å². The van der Waals surface area contributed by atoms with Crippen molar-refractivity contribution in [2.24, 2.45) is 5.84 Å². The number of rotatable bonds is 1. The minimum Gasteiger partial charge on any atom is -0.307 e. The van der Waals surface area contributed by atoms with Crippen LogP contribution in [-0.4, -0.2) is 4.98 Å². The summed E-state index contributed by atoms with van der Waals surface area (Å²) < 4.78 is 0. The molecular formula is C7H5N5. The Balaban J connectivity index is 3.24. The Kier molecular flexibility index (Phi) is 2.22. The standard InChI is InChI=1S/C7H5N5/c8-2-5-1-6(3-9)7(12-10)11-4-5/h1,4H,10H2,(H,11,12). The SMILES string of the molecule is N#Cc1cnc(NN)c(C#N)c1. The molecule has 0 aromatic carbocycles. The van der Waals surface area contributed by atoms with Crippen LogP contribution in [0, 0.1) is 22.7 Å². The Morgan fingerprint density at radius 3 is 2.67 bits per heavy atom. The summed E-state index contributed by atoms with van der Waals surface area (Å²) in [6.45, 7) is 0. The summed E-state index contributed by atoms with van der Waals surface area (Å²) >= 11 is 0. The van der Waals surface area contributed by atoms with E-state index in [1.54, 1.807) is 0 Å². The van der Waals surface area contributed by atoms with Crippen molar-refractivity contribution < 1.29 is 0 Å². The molecule has 1 aromatic rings. The molecule has 0 fully saturated rings. The van der Waals surface area contributed by atoms with E-state index < -0.39 is 0 Å². The highest BCUT2D eigenvalue weighted by Gasteiger charge is 2.02. The average Bonchev–Trinajstić information content (AvgIpc) is 2.16. The molecule has 0 atom stereocenters. The number of nitrogens with two attached hydrogens (primary N) is 1. The molecule has 0 aliphatic rings. The first-order chi connectivity index (χ1) is 5.81.